The molecule has 0 bridgehead atoms. The molecule has 0 N–H and O–H groups in total. The Morgan fingerprint density at radius 3 is 1.04 bits per heavy atom. The highest BCUT2D eigenvalue weighted by Crippen LogP contribution is 2.22. The summed E-state index contributed by atoms with van der Waals surface area (Å²) in [6.45, 7) is 26.2. The van der Waals surface area contributed by atoms with Gasteiger partial charge in [-0.1, -0.05) is 10.4 Å². The maximum absolute atomic E-state index is 6.13. The summed E-state index contributed by atoms with van der Waals surface area (Å²) in [4.78, 5) is 2.32. The van der Waals surface area contributed by atoms with Gasteiger partial charge in [0.05, 0.1) is 11.4 Å². The maximum Gasteiger partial charge on any atom is 0.500 e. The Hall–Kier alpha value is -1.47. The van der Waals surface area contributed by atoms with Crippen molar-refractivity contribution < 1.29 is 39.8 Å². The van der Waals surface area contributed by atoms with Crippen LogP contribution in [0.2, 0.25) is 18.1 Å². The lowest BCUT2D eigenvalue weighted by Crippen LogP contribution is -2.46. The molecule has 16 nitrogen and oxygen atoms in total. The lowest BCUT2D eigenvalue weighted by atomic mass is 10.3. The minimum atomic E-state index is -2.78. The third-order valence-electron chi connectivity index (χ3n) is 7.92. The first-order chi connectivity index (χ1) is 25.2. The lowest BCUT2D eigenvalue weighted by Gasteiger charge is -2.29. The van der Waals surface area contributed by atoms with Crippen LogP contribution in [0.1, 0.15) is 93.0 Å². The van der Waals surface area contributed by atoms with Crippen LogP contribution in [0.4, 0.5) is 0 Å². The highest BCUT2D eigenvalue weighted by molar-refractivity contribution is 6.61. The van der Waals surface area contributed by atoms with Crippen molar-refractivity contribution in [2.45, 2.75) is 126 Å². The van der Waals surface area contributed by atoms with Gasteiger partial charge in [-0.3, -0.25) is 14.3 Å². The Labute approximate surface area is 316 Å². The minimum absolute atomic E-state index is 0.550. The van der Waals surface area contributed by atoms with Crippen LogP contribution in [-0.4, -0.2) is 127 Å². The van der Waals surface area contributed by atoms with Crippen molar-refractivity contribution in [2.75, 3.05) is 66.0 Å². The van der Waals surface area contributed by atoms with E-state index >= 15 is 0 Å². The van der Waals surface area contributed by atoms with Crippen molar-refractivity contribution in [2.24, 2.45) is 0 Å². The Kier molecular flexibility index (Phi) is 23.7. The summed E-state index contributed by atoms with van der Waals surface area (Å²) in [6.07, 6.45) is 6.47. The van der Waals surface area contributed by atoms with Crippen LogP contribution < -0.4 is 0 Å². The fourth-order valence-electron chi connectivity index (χ4n) is 6.15. The monoisotopic (exact) mass is 791 g/mol. The molecule has 2 aromatic rings. The second-order valence-electron chi connectivity index (χ2n) is 11.9. The zero-order valence-electron chi connectivity index (χ0n) is 33.6. The molecule has 0 saturated carbocycles. The van der Waals surface area contributed by atoms with Crippen molar-refractivity contribution in [1.29, 1.82) is 0 Å². The molecule has 0 aliphatic carbocycles. The first kappa shape index (κ1) is 46.7. The number of nitrogens with zero attached hydrogens (tertiary/aromatic N) is 7. The second kappa shape index (κ2) is 26.4. The van der Waals surface area contributed by atoms with E-state index in [4.69, 9.17) is 39.8 Å². The molecule has 2 rings (SSSR count). The molecule has 302 valence electrons. The van der Waals surface area contributed by atoms with Gasteiger partial charge in [-0.05, 0) is 88.1 Å². The summed E-state index contributed by atoms with van der Waals surface area (Å²) in [5, 5.41) is 18.0. The molecule has 0 atom stereocenters. The van der Waals surface area contributed by atoms with Crippen LogP contribution in [0, 0.1) is 0 Å². The molecule has 0 amide bonds. The molecular weight excluding hydrogens is 723 g/mol. The Morgan fingerprint density at radius 2 is 0.750 bits per heavy atom. The SMILES string of the molecule is CCO[Si](CCCN(Cc1cn(CCC[Si](OCC)(OCC)OCC)nn1)Cc1cn(CCC[Si](OCC)(OCC)OCC)nn1)(OCC)OCC. The summed E-state index contributed by atoms with van der Waals surface area (Å²) in [7, 11) is -8.22. The number of aromatic nitrogens is 6. The van der Waals surface area contributed by atoms with E-state index in [1.165, 1.54) is 0 Å². The second-order valence-corrected chi connectivity index (χ2v) is 20.1. The summed E-state index contributed by atoms with van der Waals surface area (Å²) in [5.41, 5.74) is 1.75. The lowest BCUT2D eigenvalue weighted by molar-refractivity contribution is 0.0691. The van der Waals surface area contributed by atoms with Gasteiger partial charge in [0.2, 0.25) is 0 Å². The van der Waals surface area contributed by atoms with Crippen LogP contribution >= 0.6 is 0 Å². The predicted molar refractivity (Wildman–Crippen MR) is 204 cm³/mol. The van der Waals surface area contributed by atoms with E-state index in [0.717, 1.165) is 49.3 Å². The molecule has 2 aromatic heterocycles. The Morgan fingerprint density at radius 1 is 0.462 bits per heavy atom. The highest BCUT2D eigenvalue weighted by atomic mass is 28.4. The molecule has 0 fully saturated rings. The quantitative estimate of drug-likeness (QED) is 0.0857. The van der Waals surface area contributed by atoms with Crippen molar-refractivity contribution in [3.05, 3.63) is 23.8 Å². The Bertz CT molecular complexity index is 1060. The van der Waals surface area contributed by atoms with Gasteiger partial charge < -0.3 is 39.8 Å². The van der Waals surface area contributed by atoms with Crippen molar-refractivity contribution in [3.63, 3.8) is 0 Å². The van der Waals surface area contributed by atoms with E-state index in [2.05, 4.69) is 25.5 Å². The molecule has 52 heavy (non-hydrogen) atoms. The molecule has 0 aliphatic rings. The van der Waals surface area contributed by atoms with E-state index in [1.54, 1.807) is 0 Å². The van der Waals surface area contributed by atoms with E-state index in [-0.39, 0.29) is 0 Å². The predicted octanol–water partition coefficient (Wildman–Crippen LogP) is 5.19. The van der Waals surface area contributed by atoms with E-state index in [1.807, 2.05) is 84.1 Å². The van der Waals surface area contributed by atoms with Gasteiger partial charge in [-0.25, -0.2) is 0 Å². The number of rotatable bonds is 34. The van der Waals surface area contributed by atoms with Gasteiger partial charge in [0.25, 0.3) is 0 Å². The van der Waals surface area contributed by atoms with Crippen LogP contribution in [0.25, 0.3) is 0 Å². The average Bonchev–Trinajstić information content (AvgIpc) is 3.75. The van der Waals surface area contributed by atoms with Crippen LogP contribution in [-0.2, 0) is 66.0 Å². The molecule has 0 saturated heterocycles. The van der Waals surface area contributed by atoms with E-state index in [9.17, 15) is 0 Å². The molecule has 0 aliphatic heterocycles. The molecule has 0 aromatic carbocycles. The Balaban J connectivity index is 2.15. The molecule has 2 heterocycles. The van der Waals surface area contributed by atoms with Gasteiger partial charge in [-0.2, -0.15) is 0 Å². The topological polar surface area (TPSA) is 148 Å². The van der Waals surface area contributed by atoms with Crippen LogP contribution in [0.3, 0.4) is 0 Å². The average molecular weight is 792 g/mol. The van der Waals surface area contributed by atoms with Gasteiger partial charge >= 0.3 is 26.4 Å². The zero-order chi connectivity index (χ0) is 38.1. The maximum atomic E-state index is 6.13. The van der Waals surface area contributed by atoms with Crippen molar-refractivity contribution >= 4 is 26.4 Å². The molecule has 0 spiro atoms. The third kappa shape index (κ3) is 16.5. The fraction of sp³-hybridized carbons (Fsp3) is 0.879. The summed E-state index contributed by atoms with van der Waals surface area (Å²) in [6, 6.07) is 2.15. The van der Waals surface area contributed by atoms with Crippen molar-refractivity contribution in [1.82, 2.24) is 34.9 Å². The van der Waals surface area contributed by atoms with Crippen LogP contribution in [0.5, 0.6) is 0 Å². The summed E-state index contributed by atoms with van der Waals surface area (Å²) >= 11 is 0. The van der Waals surface area contributed by atoms with Gasteiger partial charge in [-0.15, -0.1) is 10.2 Å². The highest BCUT2D eigenvalue weighted by Gasteiger charge is 2.41. The fourth-order valence-corrected chi connectivity index (χ4v) is 13.9. The normalized spacial score (nSPS) is 12.8. The first-order valence-electron chi connectivity index (χ1n) is 19.5. The molecular formula is C33H69N7O9Si3. The van der Waals surface area contributed by atoms with E-state index < -0.39 is 26.4 Å². The largest absolute Gasteiger partial charge is 0.500 e. The molecule has 0 radical (unpaired) electrons. The van der Waals surface area contributed by atoms with Gasteiger partial charge in [0, 0.05) is 116 Å². The summed E-state index contributed by atoms with van der Waals surface area (Å²) in [5.74, 6) is 0. The smallest absolute Gasteiger partial charge is 0.374 e. The van der Waals surface area contributed by atoms with Crippen molar-refractivity contribution in [3.8, 4) is 0 Å². The third-order valence-corrected chi connectivity index (χ3v) is 17.4. The van der Waals surface area contributed by atoms with Gasteiger partial charge in [0.15, 0.2) is 0 Å². The van der Waals surface area contributed by atoms with E-state index in [0.29, 0.717) is 91.7 Å². The summed E-state index contributed by atoms with van der Waals surface area (Å²) < 4.78 is 58.3. The zero-order valence-corrected chi connectivity index (χ0v) is 36.6. The number of hydrogen-bond donors (Lipinski definition) is 0. The van der Waals surface area contributed by atoms with Crippen LogP contribution in [0.15, 0.2) is 12.4 Å². The standard InChI is InChI=1S/C33H69N7O9Si3/c1-10-41-50(42-11-2,43-12-3)25-19-22-38(28-32-30-39(36-34-32)23-20-26-51(44-13-4,45-14-5)46-15-6)29-33-31-40(37-35-33)24-21-27-52(47-16-7,48-17-8)49-18-9/h30-31H,10-29H2,1-9H3. The molecule has 19 heteroatoms. The minimum Gasteiger partial charge on any atom is -0.374 e. The number of hydrogen-bond acceptors (Lipinski definition) is 14. The van der Waals surface area contributed by atoms with Gasteiger partial charge in [0.1, 0.15) is 0 Å². The molecule has 0 unspecified atom stereocenters. The number of aryl methyl sites for hydroxylation is 2. The first-order valence-corrected chi connectivity index (χ1v) is 25.3.